The van der Waals surface area contributed by atoms with Crippen LogP contribution in [-0.2, 0) is 11.3 Å². The molecule has 160 valence electrons. The van der Waals surface area contributed by atoms with E-state index in [4.69, 9.17) is 14.5 Å². The zero-order valence-electron chi connectivity index (χ0n) is 17.6. The van der Waals surface area contributed by atoms with Crippen molar-refractivity contribution >= 4 is 28.2 Å². The van der Waals surface area contributed by atoms with Crippen LogP contribution >= 0.6 is 0 Å². The van der Waals surface area contributed by atoms with Crippen LogP contribution in [0.1, 0.15) is 25.5 Å². The predicted molar refractivity (Wildman–Crippen MR) is 121 cm³/mol. The van der Waals surface area contributed by atoms with Crippen molar-refractivity contribution in [3.63, 3.8) is 0 Å². The average Bonchev–Trinajstić information content (AvgIpc) is 3.22. The molecule has 7 nitrogen and oxygen atoms in total. The molecular formula is C24H26N4O3. The molecule has 1 fully saturated rings. The summed E-state index contributed by atoms with van der Waals surface area (Å²) in [6, 6.07) is 16.4. The number of benzene rings is 2. The molecule has 3 heterocycles. The highest BCUT2D eigenvalue weighted by molar-refractivity contribution is 5.92. The topological polar surface area (TPSA) is 75.7 Å². The van der Waals surface area contributed by atoms with Crippen LogP contribution in [0.4, 0.5) is 11.4 Å². The van der Waals surface area contributed by atoms with Crippen LogP contribution in [0, 0.1) is 0 Å². The number of nitrogens with zero attached hydrogens (tertiary/aromatic N) is 2. The Morgan fingerprint density at radius 3 is 2.87 bits per heavy atom. The first-order valence-electron chi connectivity index (χ1n) is 10.7. The summed E-state index contributed by atoms with van der Waals surface area (Å²) in [4.78, 5) is 18.6. The minimum atomic E-state index is -0.0714. The summed E-state index contributed by atoms with van der Waals surface area (Å²) < 4.78 is 10.9. The van der Waals surface area contributed by atoms with Gasteiger partial charge in [0.25, 0.3) is 0 Å². The van der Waals surface area contributed by atoms with Crippen molar-refractivity contribution in [1.29, 1.82) is 0 Å². The van der Waals surface area contributed by atoms with E-state index in [1.165, 1.54) is 6.92 Å². The Morgan fingerprint density at radius 1 is 1.10 bits per heavy atom. The minimum absolute atomic E-state index is 0.0714. The zero-order valence-corrected chi connectivity index (χ0v) is 17.6. The zero-order chi connectivity index (χ0) is 21.2. The molecule has 1 amide bonds. The number of hydrogen-bond donors (Lipinski definition) is 2. The van der Waals surface area contributed by atoms with Gasteiger partial charge in [-0.25, -0.2) is 0 Å². The number of carbonyl (C=O) groups excluding carboxylic acids is 1. The lowest BCUT2D eigenvalue weighted by Crippen LogP contribution is -2.41. The van der Waals surface area contributed by atoms with E-state index in [1.54, 1.807) is 0 Å². The summed E-state index contributed by atoms with van der Waals surface area (Å²) in [6.07, 6.45) is 2.29. The molecule has 2 aliphatic rings. The second-order valence-corrected chi connectivity index (χ2v) is 8.18. The van der Waals surface area contributed by atoms with Crippen molar-refractivity contribution in [2.75, 3.05) is 30.5 Å². The van der Waals surface area contributed by atoms with Crippen molar-refractivity contribution < 1.29 is 14.3 Å². The molecule has 0 saturated carbocycles. The molecule has 31 heavy (non-hydrogen) atoms. The van der Waals surface area contributed by atoms with E-state index >= 15 is 0 Å². The number of carbonyl (C=O) groups is 1. The second kappa shape index (κ2) is 8.43. The molecule has 2 N–H and O–H groups in total. The van der Waals surface area contributed by atoms with E-state index < -0.39 is 0 Å². The maximum Gasteiger partial charge on any atom is 0.231 e. The highest BCUT2D eigenvalue weighted by Gasteiger charge is 2.21. The number of likely N-dealkylation sites (tertiary alicyclic amines) is 1. The Hall–Kier alpha value is -3.32. The molecule has 7 heteroatoms. The van der Waals surface area contributed by atoms with Gasteiger partial charge in [0, 0.05) is 48.9 Å². The molecule has 0 radical (unpaired) electrons. The lowest BCUT2D eigenvalue weighted by molar-refractivity contribution is -0.114. The van der Waals surface area contributed by atoms with Gasteiger partial charge >= 0.3 is 0 Å². The summed E-state index contributed by atoms with van der Waals surface area (Å²) >= 11 is 0. The maximum absolute atomic E-state index is 11.3. The second-order valence-electron chi connectivity index (χ2n) is 8.18. The normalized spacial score (nSPS) is 18.2. The summed E-state index contributed by atoms with van der Waals surface area (Å²) in [5.74, 6) is 1.54. The third-order valence-corrected chi connectivity index (χ3v) is 5.70. The van der Waals surface area contributed by atoms with Gasteiger partial charge in [0.05, 0.1) is 11.2 Å². The molecule has 1 saturated heterocycles. The lowest BCUT2D eigenvalue weighted by atomic mass is 10.0. The van der Waals surface area contributed by atoms with Crippen molar-refractivity contribution in [2.45, 2.75) is 32.4 Å². The number of rotatable bonds is 5. The Kier molecular flexibility index (Phi) is 5.34. The van der Waals surface area contributed by atoms with Crippen LogP contribution in [-0.4, -0.2) is 41.7 Å². The first-order chi connectivity index (χ1) is 15.1. The number of piperidine rings is 1. The van der Waals surface area contributed by atoms with Crippen LogP contribution in [0.3, 0.4) is 0 Å². The molecule has 1 aromatic heterocycles. The van der Waals surface area contributed by atoms with Crippen LogP contribution in [0.15, 0.2) is 48.5 Å². The highest BCUT2D eigenvalue weighted by atomic mass is 16.7. The third-order valence-electron chi connectivity index (χ3n) is 5.70. The van der Waals surface area contributed by atoms with E-state index in [0.29, 0.717) is 12.8 Å². The largest absolute Gasteiger partial charge is 0.454 e. The van der Waals surface area contributed by atoms with E-state index in [1.807, 2.05) is 36.4 Å². The third kappa shape index (κ3) is 4.56. The molecule has 2 aromatic carbocycles. The minimum Gasteiger partial charge on any atom is -0.454 e. The van der Waals surface area contributed by atoms with Gasteiger partial charge in [-0.05, 0) is 55.8 Å². The van der Waals surface area contributed by atoms with E-state index in [9.17, 15) is 4.79 Å². The Balaban J connectivity index is 1.23. The van der Waals surface area contributed by atoms with Crippen LogP contribution in [0.5, 0.6) is 11.5 Å². The van der Waals surface area contributed by atoms with Crippen LogP contribution < -0.4 is 20.1 Å². The predicted octanol–water partition coefficient (Wildman–Crippen LogP) is 4.00. The first-order valence-corrected chi connectivity index (χ1v) is 10.7. The average molecular weight is 418 g/mol. The first kappa shape index (κ1) is 19.6. The van der Waals surface area contributed by atoms with Gasteiger partial charge in [0.15, 0.2) is 11.5 Å². The Morgan fingerprint density at radius 2 is 1.97 bits per heavy atom. The molecule has 0 spiro atoms. The highest BCUT2D eigenvalue weighted by Crippen LogP contribution is 2.34. The van der Waals surface area contributed by atoms with Gasteiger partial charge in [0.2, 0.25) is 12.7 Å². The lowest BCUT2D eigenvalue weighted by Gasteiger charge is -2.33. The van der Waals surface area contributed by atoms with Gasteiger partial charge in [-0.3, -0.25) is 14.7 Å². The van der Waals surface area contributed by atoms with Crippen molar-refractivity contribution in [2.24, 2.45) is 0 Å². The van der Waals surface area contributed by atoms with Crippen LogP contribution in [0.2, 0.25) is 0 Å². The standard InChI is InChI=1S/C24H26N4O3/c1-16(29)25-18-6-8-22-17(11-18)4-5-21(27-22)14-28-10-2-3-20(13-28)26-19-7-9-23-24(12-19)31-15-30-23/h4-9,11-12,20,26H,2-3,10,13-15H2,1H3,(H,25,29). The summed E-state index contributed by atoms with van der Waals surface area (Å²) in [7, 11) is 0. The monoisotopic (exact) mass is 418 g/mol. The van der Waals surface area contributed by atoms with Crippen molar-refractivity contribution in [3.05, 3.63) is 54.2 Å². The maximum atomic E-state index is 11.3. The van der Waals surface area contributed by atoms with Crippen LogP contribution in [0.25, 0.3) is 10.9 Å². The van der Waals surface area contributed by atoms with Gasteiger partial charge in [-0.1, -0.05) is 6.07 Å². The van der Waals surface area contributed by atoms with Gasteiger partial charge in [-0.2, -0.15) is 0 Å². The van der Waals surface area contributed by atoms with Gasteiger partial charge < -0.3 is 20.1 Å². The Bertz CT molecular complexity index is 1120. The number of nitrogens with one attached hydrogen (secondary N) is 2. The van der Waals surface area contributed by atoms with Gasteiger partial charge in [0.1, 0.15) is 0 Å². The molecule has 1 atom stereocenters. The quantitative estimate of drug-likeness (QED) is 0.652. The number of aromatic nitrogens is 1. The number of fused-ring (bicyclic) bond motifs is 2. The molecule has 0 bridgehead atoms. The fourth-order valence-electron chi connectivity index (χ4n) is 4.30. The molecule has 5 rings (SSSR count). The number of anilines is 2. The van der Waals surface area contributed by atoms with E-state index in [-0.39, 0.29) is 5.91 Å². The molecular weight excluding hydrogens is 392 g/mol. The summed E-state index contributed by atoms with van der Waals surface area (Å²) in [6.45, 7) is 4.67. The molecule has 2 aliphatic heterocycles. The Labute approximate surface area is 181 Å². The molecule has 3 aromatic rings. The fourth-order valence-corrected chi connectivity index (χ4v) is 4.30. The number of hydrogen-bond acceptors (Lipinski definition) is 6. The summed E-state index contributed by atoms with van der Waals surface area (Å²) in [5.41, 5.74) is 3.86. The number of pyridine rings is 1. The smallest absolute Gasteiger partial charge is 0.231 e. The SMILES string of the molecule is CC(=O)Nc1ccc2nc(CN3CCCC(Nc4ccc5c(c4)OCO5)C3)ccc2c1. The number of amides is 1. The van der Waals surface area contributed by atoms with Crippen molar-refractivity contribution in [3.8, 4) is 11.5 Å². The molecule has 0 aliphatic carbocycles. The van der Waals surface area contributed by atoms with E-state index in [0.717, 1.165) is 71.9 Å². The van der Waals surface area contributed by atoms with Crippen molar-refractivity contribution in [1.82, 2.24) is 9.88 Å². The number of ether oxygens (including phenoxy) is 2. The van der Waals surface area contributed by atoms with Gasteiger partial charge in [-0.15, -0.1) is 0 Å². The summed E-state index contributed by atoms with van der Waals surface area (Å²) in [5, 5.41) is 7.49. The van der Waals surface area contributed by atoms with E-state index in [2.05, 4.69) is 27.7 Å². The fraction of sp³-hybridized carbons (Fsp3) is 0.333. The molecule has 1 unspecified atom stereocenters.